The maximum absolute atomic E-state index is 10.9. The molecule has 0 atom stereocenters. The third kappa shape index (κ3) is 4.75. The van der Waals surface area contributed by atoms with Crippen LogP contribution in [0, 0.1) is 10.1 Å². The molecule has 0 spiro atoms. The lowest BCUT2D eigenvalue weighted by molar-refractivity contribution is -0.508. The fraction of sp³-hybridized carbons (Fsp3) is 0.0500. The van der Waals surface area contributed by atoms with Crippen LogP contribution in [0.3, 0.4) is 0 Å². The lowest BCUT2D eigenvalue weighted by atomic mass is 10.2. The molecule has 4 rings (SSSR count). The van der Waals surface area contributed by atoms with Crippen LogP contribution in [0.15, 0.2) is 93.6 Å². The molecule has 1 aliphatic rings. The lowest BCUT2D eigenvalue weighted by Crippen LogP contribution is -3.00. The molecule has 0 N–H and O–H groups in total. The van der Waals surface area contributed by atoms with Gasteiger partial charge in [0.25, 0.3) is 12.4 Å². The van der Waals surface area contributed by atoms with Gasteiger partial charge in [-0.25, -0.2) is 5.01 Å². The molecule has 3 aromatic carbocycles. The molecule has 0 saturated heterocycles. The number of nitro benzene ring substituents is 1. The Labute approximate surface area is 186 Å². The second-order valence-electron chi connectivity index (χ2n) is 6.08. The average Bonchev–Trinajstić information content (AvgIpc) is 2.74. The molecule has 0 aromatic heterocycles. The highest BCUT2D eigenvalue weighted by atomic mass is 79.9. The zero-order chi connectivity index (χ0) is 19.5. The van der Waals surface area contributed by atoms with Crippen molar-refractivity contribution >= 4 is 38.8 Å². The van der Waals surface area contributed by atoms with E-state index in [1.54, 1.807) is 12.1 Å². The van der Waals surface area contributed by atoms with E-state index in [0.29, 0.717) is 18.1 Å². The molecule has 0 bridgehead atoms. The summed E-state index contributed by atoms with van der Waals surface area (Å²) in [6.07, 6.45) is 0. The van der Waals surface area contributed by atoms with Crippen LogP contribution < -0.4 is 22.0 Å². The van der Waals surface area contributed by atoms with Crippen molar-refractivity contribution in [3.05, 3.63) is 99.0 Å². The number of nitro groups is 1. The molecule has 146 valence electrons. The predicted octanol–water partition coefficient (Wildman–Crippen LogP) is 2.30. The number of benzene rings is 3. The smallest absolute Gasteiger partial charge is 0.269 e. The van der Waals surface area contributed by atoms with Crippen molar-refractivity contribution in [2.45, 2.75) is 0 Å². The fourth-order valence-electron chi connectivity index (χ4n) is 2.78. The van der Waals surface area contributed by atoms with Crippen LogP contribution in [0.2, 0.25) is 0 Å². The molecule has 0 fully saturated rings. The zero-order valence-electron chi connectivity index (χ0n) is 15.0. The molecule has 1 aliphatic heterocycles. The van der Waals surface area contributed by atoms with E-state index in [2.05, 4.69) is 26.1 Å². The number of nitrogens with zero attached hydrogens (tertiary/aromatic N) is 5. The molecule has 0 unspecified atom stereocenters. The molecule has 3 aromatic rings. The molecule has 9 heteroatoms. The summed E-state index contributed by atoms with van der Waals surface area (Å²) in [5.74, 6) is 0.480. The fourth-order valence-corrected chi connectivity index (χ4v) is 3.04. The van der Waals surface area contributed by atoms with Crippen molar-refractivity contribution in [3.63, 3.8) is 0 Å². The molecule has 0 amide bonds. The third-order valence-corrected chi connectivity index (χ3v) is 4.74. The number of non-ortho nitro benzene ring substituents is 1. The predicted molar refractivity (Wildman–Crippen MR) is 110 cm³/mol. The largest absolute Gasteiger partial charge is 1.00 e. The Balaban J connectivity index is 0.00000240. The Bertz CT molecular complexity index is 1070. The van der Waals surface area contributed by atoms with Crippen LogP contribution >= 0.6 is 15.9 Å². The van der Waals surface area contributed by atoms with Gasteiger partial charge in [0.15, 0.2) is 0 Å². The first-order valence-corrected chi connectivity index (χ1v) is 9.30. The van der Waals surface area contributed by atoms with Crippen LogP contribution in [-0.2, 0) is 0 Å². The summed E-state index contributed by atoms with van der Waals surface area (Å²) >= 11 is 3.45. The first kappa shape index (κ1) is 20.8. The van der Waals surface area contributed by atoms with E-state index < -0.39 is 4.92 Å². The Morgan fingerprint density at radius 3 is 2.24 bits per heavy atom. The number of para-hydroxylation sites is 1. The zero-order valence-corrected chi connectivity index (χ0v) is 18.2. The van der Waals surface area contributed by atoms with E-state index in [-0.39, 0.29) is 22.7 Å². The quantitative estimate of drug-likeness (QED) is 0.303. The van der Waals surface area contributed by atoms with Gasteiger partial charge in [-0.3, -0.25) is 10.1 Å². The molecule has 29 heavy (non-hydrogen) atoms. The lowest BCUT2D eigenvalue weighted by Gasteiger charge is -2.20. The average molecular weight is 517 g/mol. The third-order valence-electron chi connectivity index (χ3n) is 4.21. The second-order valence-corrected chi connectivity index (χ2v) is 7.00. The van der Waals surface area contributed by atoms with Crippen LogP contribution in [-0.4, -0.2) is 22.1 Å². The first-order valence-electron chi connectivity index (χ1n) is 8.51. The molecule has 7 nitrogen and oxygen atoms in total. The number of rotatable bonds is 4. The van der Waals surface area contributed by atoms with Crippen LogP contribution in [0.4, 0.5) is 17.1 Å². The molecule has 0 radical (unpaired) electrons. The van der Waals surface area contributed by atoms with Gasteiger partial charge in [-0.05, 0) is 36.4 Å². The van der Waals surface area contributed by atoms with Crippen molar-refractivity contribution in [1.82, 2.24) is 0 Å². The second kappa shape index (κ2) is 9.06. The first-order chi connectivity index (χ1) is 13.6. The number of amidine groups is 1. The van der Waals surface area contributed by atoms with Gasteiger partial charge in [0.2, 0.25) is 11.5 Å². The maximum atomic E-state index is 10.9. The van der Waals surface area contributed by atoms with Gasteiger partial charge in [-0.2, -0.15) is 0 Å². The van der Waals surface area contributed by atoms with Gasteiger partial charge in [-0.1, -0.05) is 38.8 Å². The van der Waals surface area contributed by atoms with Gasteiger partial charge in [0, 0.05) is 39.4 Å². The molecular formula is C20H15Br2N5O2. The monoisotopic (exact) mass is 515 g/mol. The highest BCUT2D eigenvalue weighted by Gasteiger charge is 2.25. The summed E-state index contributed by atoms with van der Waals surface area (Å²) in [6.45, 7) is 0.447. The van der Waals surface area contributed by atoms with Crippen molar-refractivity contribution < 1.29 is 26.6 Å². The number of halogens is 2. The minimum atomic E-state index is -0.423. The van der Waals surface area contributed by atoms with E-state index >= 15 is 0 Å². The number of anilines is 1. The van der Waals surface area contributed by atoms with Gasteiger partial charge in [-0.15, -0.1) is 5.10 Å². The van der Waals surface area contributed by atoms with Crippen molar-refractivity contribution in [1.29, 1.82) is 0 Å². The van der Waals surface area contributed by atoms with E-state index in [1.807, 2.05) is 64.3 Å². The Hall–Kier alpha value is -2.91. The summed E-state index contributed by atoms with van der Waals surface area (Å²) in [5, 5.41) is 22.1. The van der Waals surface area contributed by atoms with E-state index in [0.717, 1.165) is 15.8 Å². The maximum Gasteiger partial charge on any atom is 0.269 e. The summed E-state index contributed by atoms with van der Waals surface area (Å²) in [6, 6.07) is 23.9. The Kier molecular flexibility index (Phi) is 6.50. The van der Waals surface area contributed by atoms with Crippen molar-refractivity contribution in [3.8, 4) is 0 Å². The minimum absolute atomic E-state index is 0. The molecule has 1 heterocycles. The number of hydrogen-bond acceptors (Lipinski definition) is 5. The standard InChI is InChI=1S/C20H15BrN5O2.BrH/c21-16-8-12-18(13-9-16)25-14-24(17-4-2-1-3-5-17)22-20(23-25)15-6-10-19(11-7-15)26(27)28;/h1-13H,14H2;1H/q+1;/p-1. The Morgan fingerprint density at radius 1 is 0.966 bits per heavy atom. The van der Waals surface area contributed by atoms with Gasteiger partial charge in [0.05, 0.1) is 10.6 Å². The molecule has 0 saturated carbocycles. The summed E-state index contributed by atoms with van der Waals surface area (Å²) in [7, 11) is 0. The van der Waals surface area contributed by atoms with Crippen LogP contribution in [0.1, 0.15) is 5.56 Å². The highest BCUT2D eigenvalue weighted by molar-refractivity contribution is 9.10. The van der Waals surface area contributed by atoms with Gasteiger partial charge < -0.3 is 17.0 Å². The van der Waals surface area contributed by atoms with Gasteiger partial charge >= 0.3 is 0 Å². The number of hydrogen-bond donors (Lipinski definition) is 0. The summed E-state index contributed by atoms with van der Waals surface area (Å²) in [5.41, 5.74) is 2.58. The van der Waals surface area contributed by atoms with Crippen molar-refractivity contribution in [2.24, 2.45) is 10.2 Å². The Morgan fingerprint density at radius 2 is 1.62 bits per heavy atom. The summed E-state index contributed by atoms with van der Waals surface area (Å²) < 4.78 is 2.83. The molecular weight excluding hydrogens is 502 g/mol. The van der Waals surface area contributed by atoms with Gasteiger partial charge in [0.1, 0.15) is 0 Å². The van der Waals surface area contributed by atoms with Crippen LogP contribution in [0.25, 0.3) is 0 Å². The molecule has 0 aliphatic carbocycles. The van der Waals surface area contributed by atoms with E-state index in [1.165, 1.54) is 12.1 Å². The summed E-state index contributed by atoms with van der Waals surface area (Å²) in [4.78, 5) is 10.5. The van der Waals surface area contributed by atoms with Crippen molar-refractivity contribution in [2.75, 3.05) is 11.7 Å². The normalized spacial score (nSPS) is 13.2. The topological polar surface area (TPSA) is 74.1 Å². The van der Waals surface area contributed by atoms with Crippen LogP contribution in [0.5, 0.6) is 0 Å². The van der Waals surface area contributed by atoms with E-state index in [4.69, 9.17) is 0 Å². The number of hydrazone groups is 1. The SMILES string of the molecule is O=[N+]([O-])c1ccc(C2=NN(c3ccccc3)C[N+](c3ccc(Br)cc3)=N2)cc1.[Br-]. The number of azo groups is 2. The minimum Gasteiger partial charge on any atom is -1.00 e. The highest BCUT2D eigenvalue weighted by Crippen LogP contribution is 2.24. The van der Waals surface area contributed by atoms with E-state index in [9.17, 15) is 10.1 Å².